The Hall–Kier alpha value is -3.31. The van der Waals surface area contributed by atoms with Crippen molar-refractivity contribution < 1.29 is 9.47 Å². The van der Waals surface area contributed by atoms with Gasteiger partial charge in [0.25, 0.3) is 0 Å². The van der Waals surface area contributed by atoms with Gasteiger partial charge in [-0.1, -0.05) is 35.9 Å². The third kappa shape index (κ3) is 3.70. The Bertz CT molecular complexity index is 1110. The monoisotopic (exact) mass is 391 g/mol. The maximum atomic E-state index is 6.05. The number of hydrogen-bond acceptors (Lipinski definition) is 5. The van der Waals surface area contributed by atoms with Crippen molar-refractivity contribution in [1.29, 1.82) is 0 Å². The third-order valence-electron chi connectivity index (χ3n) is 4.30. The van der Waals surface area contributed by atoms with Crippen LogP contribution in [0.25, 0.3) is 22.3 Å². The normalized spacial score (nSPS) is 10.7. The van der Waals surface area contributed by atoms with Gasteiger partial charge in [-0.2, -0.15) is 0 Å². The van der Waals surface area contributed by atoms with Crippen molar-refractivity contribution in [2.24, 2.45) is 0 Å². The van der Waals surface area contributed by atoms with Gasteiger partial charge in [0, 0.05) is 34.5 Å². The van der Waals surface area contributed by atoms with Crippen LogP contribution in [0.3, 0.4) is 0 Å². The molecule has 1 heterocycles. The molecule has 0 saturated carbocycles. The molecule has 28 heavy (non-hydrogen) atoms. The molecule has 0 fully saturated rings. The van der Waals surface area contributed by atoms with Gasteiger partial charge in [-0.25, -0.2) is 9.97 Å². The predicted molar refractivity (Wildman–Crippen MR) is 113 cm³/mol. The van der Waals surface area contributed by atoms with Crippen LogP contribution in [-0.4, -0.2) is 24.2 Å². The van der Waals surface area contributed by atoms with E-state index in [0.29, 0.717) is 22.3 Å². The van der Waals surface area contributed by atoms with E-state index in [9.17, 15) is 0 Å². The summed E-state index contributed by atoms with van der Waals surface area (Å²) in [5.41, 5.74) is 4.06. The molecule has 4 rings (SSSR count). The molecule has 3 aromatic carbocycles. The van der Waals surface area contributed by atoms with Crippen LogP contribution in [0, 0.1) is 0 Å². The van der Waals surface area contributed by atoms with Gasteiger partial charge in [-0.15, -0.1) is 0 Å². The molecule has 6 heteroatoms. The summed E-state index contributed by atoms with van der Waals surface area (Å²) in [5.74, 6) is 2.00. The first-order valence-electron chi connectivity index (χ1n) is 8.69. The summed E-state index contributed by atoms with van der Waals surface area (Å²) in [6, 6.07) is 20.9. The average molecular weight is 392 g/mol. The summed E-state index contributed by atoms with van der Waals surface area (Å²) in [7, 11) is 3.24. The molecule has 1 N–H and O–H groups in total. The smallest absolute Gasteiger partial charge is 0.157 e. The fourth-order valence-electron chi connectivity index (χ4n) is 2.91. The lowest BCUT2D eigenvalue weighted by molar-refractivity contribution is 0.395. The number of methoxy groups -OCH3 is 2. The predicted octanol–water partition coefficient (Wildman–Crippen LogP) is 5.71. The minimum atomic E-state index is 0.635. The number of nitrogens with one attached hydrogen (secondary N) is 1. The van der Waals surface area contributed by atoms with E-state index in [0.717, 1.165) is 28.0 Å². The number of nitrogens with zero attached hydrogens (tertiary/aromatic N) is 2. The van der Waals surface area contributed by atoms with Crippen LogP contribution in [0.2, 0.25) is 5.02 Å². The lowest BCUT2D eigenvalue weighted by Gasteiger charge is -2.14. The Morgan fingerprint density at radius 2 is 1.39 bits per heavy atom. The maximum absolute atomic E-state index is 6.05. The number of aromatic nitrogens is 2. The number of para-hydroxylation sites is 2. The molecular weight excluding hydrogens is 374 g/mol. The third-order valence-corrected chi connectivity index (χ3v) is 4.55. The van der Waals surface area contributed by atoms with Crippen LogP contribution in [0.15, 0.2) is 66.7 Å². The molecule has 0 spiro atoms. The minimum absolute atomic E-state index is 0.635. The maximum Gasteiger partial charge on any atom is 0.157 e. The van der Waals surface area contributed by atoms with Crippen LogP contribution in [-0.2, 0) is 0 Å². The number of anilines is 2. The van der Waals surface area contributed by atoms with Crippen LogP contribution < -0.4 is 14.8 Å². The van der Waals surface area contributed by atoms with E-state index >= 15 is 0 Å². The van der Waals surface area contributed by atoms with E-state index in [1.54, 1.807) is 14.2 Å². The van der Waals surface area contributed by atoms with Gasteiger partial charge in [0.15, 0.2) is 5.82 Å². The van der Waals surface area contributed by atoms with Crippen LogP contribution in [0.5, 0.6) is 11.5 Å². The fraction of sp³-hybridized carbons (Fsp3) is 0.0909. The standard InChI is InChI=1S/C22H18ClN3O2/c1-27-17-11-16(12-18(13-17)28-2)24-22-21(14-7-9-15(23)10-8-14)25-19-5-3-4-6-20(19)26-22/h3-13H,1-2H3,(H,24,26). The quantitative estimate of drug-likeness (QED) is 0.472. The van der Waals surface area contributed by atoms with Crippen molar-refractivity contribution in [1.82, 2.24) is 9.97 Å². The minimum Gasteiger partial charge on any atom is -0.497 e. The first-order chi connectivity index (χ1) is 13.7. The number of halogens is 1. The lowest BCUT2D eigenvalue weighted by Crippen LogP contribution is -2.01. The van der Waals surface area contributed by atoms with Crippen molar-refractivity contribution in [2.45, 2.75) is 0 Å². The van der Waals surface area contributed by atoms with E-state index < -0.39 is 0 Å². The molecule has 0 aliphatic heterocycles. The second-order valence-electron chi connectivity index (χ2n) is 6.14. The second-order valence-corrected chi connectivity index (χ2v) is 6.58. The van der Waals surface area contributed by atoms with Crippen molar-refractivity contribution in [2.75, 3.05) is 19.5 Å². The van der Waals surface area contributed by atoms with Crippen molar-refractivity contribution in [3.63, 3.8) is 0 Å². The second kappa shape index (κ2) is 7.74. The van der Waals surface area contributed by atoms with Gasteiger partial charge >= 0.3 is 0 Å². The highest BCUT2D eigenvalue weighted by Crippen LogP contribution is 2.33. The molecule has 0 aliphatic carbocycles. The molecule has 1 aromatic heterocycles. The first-order valence-corrected chi connectivity index (χ1v) is 9.07. The number of benzene rings is 3. The molecule has 0 aliphatic rings. The van der Waals surface area contributed by atoms with Crippen LogP contribution >= 0.6 is 11.6 Å². The van der Waals surface area contributed by atoms with E-state index in [-0.39, 0.29) is 0 Å². The average Bonchev–Trinajstić information content (AvgIpc) is 2.73. The van der Waals surface area contributed by atoms with Gasteiger partial charge < -0.3 is 14.8 Å². The van der Waals surface area contributed by atoms with Crippen molar-refractivity contribution in [3.8, 4) is 22.8 Å². The van der Waals surface area contributed by atoms with Gasteiger partial charge in [0.2, 0.25) is 0 Å². The zero-order chi connectivity index (χ0) is 19.5. The number of fused-ring (bicyclic) bond motifs is 1. The molecule has 0 bridgehead atoms. The number of rotatable bonds is 5. The molecular formula is C22H18ClN3O2. The zero-order valence-electron chi connectivity index (χ0n) is 15.4. The van der Waals surface area contributed by atoms with E-state index in [2.05, 4.69) is 5.32 Å². The highest BCUT2D eigenvalue weighted by molar-refractivity contribution is 6.30. The van der Waals surface area contributed by atoms with Gasteiger partial charge in [0.05, 0.1) is 25.3 Å². The Labute approximate surface area is 167 Å². The van der Waals surface area contributed by atoms with Crippen molar-refractivity contribution >= 4 is 34.1 Å². The Kier molecular flexibility index (Phi) is 5.00. The summed E-state index contributed by atoms with van der Waals surface area (Å²) in [4.78, 5) is 9.62. The number of ether oxygens (including phenoxy) is 2. The molecule has 0 amide bonds. The fourth-order valence-corrected chi connectivity index (χ4v) is 3.04. The molecule has 0 unspecified atom stereocenters. The Morgan fingerprint density at radius 3 is 2.00 bits per heavy atom. The summed E-state index contributed by atoms with van der Waals surface area (Å²) in [6.07, 6.45) is 0. The highest BCUT2D eigenvalue weighted by Gasteiger charge is 2.13. The summed E-state index contributed by atoms with van der Waals surface area (Å²) < 4.78 is 10.7. The summed E-state index contributed by atoms with van der Waals surface area (Å²) >= 11 is 6.05. The zero-order valence-corrected chi connectivity index (χ0v) is 16.2. The molecule has 0 saturated heterocycles. The molecule has 140 valence electrons. The number of hydrogen-bond donors (Lipinski definition) is 1. The summed E-state index contributed by atoms with van der Waals surface area (Å²) in [5, 5.41) is 4.03. The van der Waals surface area contributed by atoms with E-state index in [4.69, 9.17) is 31.0 Å². The van der Waals surface area contributed by atoms with E-state index in [1.165, 1.54) is 0 Å². The summed E-state index contributed by atoms with van der Waals surface area (Å²) in [6.45, 7) is 0. The van der Waals surface area contributed by atoms with Crippen LogP contribution in [0.1, 0.15) is 0 Å². The lowest BCUT2D eigenvalue weighted by atomic mass is 10.1. The van der Waals surface area contributed by atoms with Crippen LogP contribution in [0.4, 0.5) is 11.5 Å². The molecule has 0 radical (unpaired) electrons. The Balaban J connectivity index is 1.85. The van der Waals surface area contributed by atoms with Gasteiger partial charge in [0.1, 0.15) is 17.2 Å². The first kappa shape index (κ1) is 18.1. The molecule has 0 atom stereocenters. The van der Waals surface area contributed by atoms with E-state index in [1.807, 2.05) is 66.7 Å². The van der Waals surface area contributed by atoms with Gasteiger partial charge in [-0.05, 0) is 24.3 Å². The SMILES string of the molecule is COc1cc(Nc2nc3ccccc3nc2-c2ccc(Cl)cc2)cc(OC)c1. The molecule has 4 aromatic rings. The van der Waals surface area contributed by atoms with Crippen molar-refractivity contribution in [3.05, 3.63) is 71.8 Å². The highest BCUT2D eigenvalue weighted by atomic mass is 35.5. The molecule has 5 nitrogen and oxygen atoms in total. The topological polar surface area (TPSA) is 56.3 Å². The Morgan fingerprint density at radius 1 is 0.786 bits per heavy atom. The largest absolute Gasteiger partial charge is 0.497 e. The van der Waals surface area contributed by atoms with Gasteiger partial charge in [-0.3, -0.25) is 0 Å².